The number of halogens is 1. The molecule has 0 amide bonds. The number of rotatable bonds is 4. The van der Waals surface area contributed by atoms with Crippen LogP contribution >= 0.6 is 11.6 Å². The number of hydrogen-bond acceptors (Lipinski definition) is 3. The highest BCUT2D eigenvalue weighted by atomic mass is 35.5. The van der Waals surface area contributed by atoms with Gasteiger partial charge in [-0.25, -0.2) is 4.98 Å². The van der Waals surface area contributed by atoms with Crippen LogP contribution in [0.25, 0.3) is 0 Å². The molecular weight excluding hydrogens is 222 g/mol. The van der Waals surface area contributed by atoms with Crippen molar-refractivity contribution in [3.63, 3.8) is 0 Å². The van der Waals surface area contributed by atoms with Crippen LogP contribution in [-0.4, -0.2) is 18.1 Å². The molecule has 1 aromatic heterocycles. The van der Waals surface area contributed by atoms with Crippen molar-refractivity contribution in [3.8, 4) is 0 Å². The maximum Gasteiger partial charge on any atom is 0.128 e. The molecule has 2 N–H and O–H groups in total. The van der Waals surface area contributed by atoms with Crippen molar-refractivity contribution < 1.29 is 0 Å². The average Bonchev–Trinajstić information content (AvgIpc) is 3.11. The normalized spacial score (nSPS) is 17.2. The first-order valence-corrected chi connectivity index (χ1v) is 6.09. The molecule has 88 valence electrons. The van der Waals surface area contributed by atoms with Gasteiger partial charge in [0.05, 0.1) is 10.7 Å². The zero-order valence-electron chi connectivity index (χ0n) is 9.78. The summed E-state index contributed by atoms with van der Waals surface area (Å²) in [5.41, 5.74) is 6.37. The fraction of sp³-hybridized carbons (Fsp3) is 0.583. The number of hydrogen-bond donors (Lipinski definition) is 1. The summed E-state index contributed by atoms with van der Waals surface area (Å²) in [5.74, 6) is 1.79. The Morgan fingerprint density at radius 1 is 1.56 bits per heavy atom. The third kappa shape index (κ3) is 2.30. The zero-order valence-corrected chi connectivity index (χ0v) is 10.5. The topological polar surface area (TPSA) is 42.1 Å². The summed E-state index contributed by atoms with van der Waals surface area (Å²) in [6.45, 7) is 2.63. The van der Waals surface area contributed by atoms with Gasteiger partial charge in [0.1, 0.15) is 5.82 Å². The molecule has 0 aliphatic heterocycles. The monoisotopic (exact) mass is 239 g/mol. The molecule has 2 rings (SSSR count). The van der Waals surface area contributed by atoms with Gasteiger partial charge < -0.3 is 10.6 Å². The van der Waals surface area contributed by atoms with E-state index in [0.29, 0.717) is 17.6 Å². The Morgan fingerprint density at radius 2 is 2.25 bits per heavy atom. The molecule has 1 fully saturated rings. The Labute approximate surface area is 102 Å². The molecule has 0 radical (unpaired) electrons. The third-order valence-electron chi connectivity index (χ3n) is 3.37. The van der Waals surface area contributed by atoms with Gasteiger partial charge in [-0.15, -0.1) is 0 Å². The molecule has 1 aromatic rings. The summed E-state index contributed by atoms with van der Waals surface area (Å²) >= 11 is 5.99. The van der Waals surface area contributed by atoms with Crippen molar-refractivity contribution in [1.82, 2.24) is 4.98 Å². The Balaban J connectivity index is 2.18. The predicted molar refractivity (Wildman–Crippen MR) is 67.7 cm³/mol. The maximum atomic E-state index is 5.99. The Bertz CT molecular complexity index is 377. The Morgan fingerprint density at radius 3 is 2.81 bits per heavy atom. The molecule has 1 heterocycles. The van der Waals surface area contributed by atoms with Gasteiger partial charge in [0.15, 0.2) is 0 Å². The van der Waals surface area contributed by atoms with Gasteiger partial charge in [-0.2, -0.15) is 0 Å². The molecule has 1 aliphatic carbocycles. The van der Waals surface area contributed by atoms with E-state index in [2.05, 4.69) is 23.9 Å². The van der Waals surface area contributed by atoms with E-state index in [9.17, 15) is 0 Å². The molecule has 0 aromatic carbocycles. The lowest BCUT2D eigenvalue weighted by atomic mass is 10.2. The third-order valence-corrected chi connectivity index (χ3v) is 3.72. The standard InChI is InChI=1S/C12H18ClN3/c1-8(9-3-4-9)16(2)12-6-5-10(13)11(7-14)15-12/h5-6,8-9H,3-4,7,14H2,1-2H3. The van der Waals surface area contributed by atoms with Gasteiger partial charge in [0, 0.05) is 19.6 Å². The van der Waals surface area contributed by atoms with Crippen LogP contribution in [-0.2, 0) is 6.54 Å². The van der Waals surface area contributed by atoms with E-state index in [-0.39, 0.29) is 0 Å². The van der Waals surface area contributed by atoms with Crippen LogP contribution < -0.4 is 10.6 Å². The van der Waals surface area contributed by atoms with Crippen LogP contribution in [0.5, 0.6) is 0 Å². The second-order valence-corrected chi connectivity index (χ2v) is 4.90. The second kappa shape index (κ2) is 4.60. The van der Waals surface area contributed by atoms with E-state index < -0.39 is 0 Å². The van der Waals surface area contributed by atoms with Gasteiger partial charge in [0.2, 0.25) is 0 Å². The second-order valence-electron chi connectivity index (χ2n) is 4.49. The predicted octanol–water partition coefficient (Wildman–Crippen LogP) is 2.43. The summed E-state index contributed by atoms with van der Waals surface area (Å²) in [5, 5.41) is 0.652. The van der Waals surface area contributed by atoms with Gasteiger partial charge >= 0.3 is 0 Å². The minimum Gasteiger partial charge on any atom is -0.357 e. The molecular formula is C12H18ClN3. The summed E-state index contributed by atoms with van der Waals surface area (Å²) in [7, 11) is 2.08. The van der Waals surface area contributed by atoms with E-state index in [1.165, 1.54) is 12.8 Å². The van der Waals surface area contributed by atoms with Crippen molar-refractivity contribution in [2.75, 3.05) is 11.9 Å². The Kier molecular flexibility index (Phi) is 3.36. The highest BCUT2D eigenvalue weighted by molar-refractivity contribution is 6.31. The molecule has 1 atom stereocenters. The highest BCUT2D eigenvalue weighted by Crippen LogP contribution is 2.36. The lowest BCUT2D eigenvalue weighted by Gasteiger charge is -2.26. The van der Waals surface area contributed by atoms with Crippen molar-refractivity contribution in [2.45, 2.75) is 32.4 Å². The van der Waals surface area contributed by atoms with Gasteiger partial charge in [-0.05, 0) is 37.8 Å². The number of nitrogens with zero attached hydrogens (tertiary/aromatic N) is 2. The number of aromatic nitrogens is 1. The summed E-state index contributed by atoms with van der Waals surface area (Å²) in [6.07, 6.45) is 2.67. The average molecular weight is 240 g/mol. The molecule has 0 spiro atoms. The first-order valence-electron chi connectivity index (χ1n) is 5.71. The first-order chi connectivity index (χ1) is 7.63. The molecule has 1 aliphatic rings. The zero-order chi connectivity index (χ0) is 11.7. The van der Waals surface area contributed by atoms with Gasteiger partial charge in [-0.3, -0.25) is 0 Å². The van der Waals surface area contributed by atoms with Crippen LogP contribution in [0.15, 0.2) is 12.1 Å². The number of anilines is 1. The summed E-state index contributed by atoms with van der Waals surface area (Å²) < 4.78 is 0. The SMILES string of the molecule is CC(C1CC1)N(C)c1ccc(Cl)c(CN)n1. The van der Waals surface area contributed by atoms with Crippen molar-refractivity contribution in [3.05, 3.63) is 22.8 Å². The molecule has 1 saturated carbocycles. The molecule has 1 unspecified atom stereocenters. The molecule has 16 heavy (non-hydrogen) atoms. The van der Waals surface area contributed by atoms with Crippen LogP contribution in [0.2, 0.25) is 5.02 Å². The van der Waals surface area contributed by atoms with Crippen LogP contribution in [0.4, 0.5) is 5.82 Å². The van der Waals surface area contributed by atoms with Crippen LogP contribution in [0.1, 0.15) is 25.5 Å². The smallest absolute Gasteiger partial charge is 0.128 e. The van der Waals surface area contributed by atoms with Crippen LogP contribution in [0.3, 0.4) is 0 Å². The van der Waals surface area contributed by atoms with E-state index in [4.69, 9.17) is 17.3 Å². The molecule has 0 bridgehead atoms. The minimum absolute atomic E-state index is 0.387. The quantitative estimate of drug-likeness (QED) is 0.878. The van der Waals surface area contributed by atoms with E-state index in [0.717, 1.165) is 17.4 Å². The van der Waals surface area contributed by atoms with Crippen molar-refractivity contribution in [2.24, 2.45) is 11.7 Å². The largest absolute Gasteiger partial charge is 0.357 e. The lowest BCUT2D eigenvalue weighted by Crippen LogP contribution is -2.31. The van der Waals surface area contributed by atoms with Crippen molar-refractivity contribution >= 4 is 17.4 Å². The van der Waals surface area contributed by atoms with Gasteiger partial charge in [0.25, 0.3) is 0 Å². The highest BCUT2D eigenvalue weighted by Gasteiger charge is 2.31. The lowest BCUT2D eigenvalue weighted by molar-refractivity contribution is 0.603. The van der Waals surface area contributed by atoms with Gasteiger partial charge in [-0.1, -0.05) is 11.6 Å². The summed E-state index contributed by atoms with van der Waals surface area (Å²) in [6, 6.07) is 4.38. The van der Waals surface area contributed by atoms with E-state index in [1.807, 2.05) is 12.1 Å². The fourth-order valence-electron chi connectivity index (χ4n) is 1.92. The molecule has 0 saturated heterocycles. The van der Waals surface area contributed by atoms with E-state index in [1.54, 1.807) is 0 Å². The maximum absolute atomic E-state index is 5.99. The van der Waals surface area contributed by atoms with Crippen LogP contribution in [0, 0.1) is 5.92 Å². The Hall–Kier alpha value is -0.800. The number of pyridine rings is 1. The van der Waals surface area contributed by atoms with E-state index >= 15 is 0 Å². The first kappa shape index (κ1) is 11.7. The molecule has 3 nitrogen and oxygen atoms in total. The summed E-state index contributed by atoms with van der Waals surface area (Å²) in [4.78, 5) is 6.71. The number of nitrogens with two attached hydrogens (primary N) is 1. The van der Waals surface area contributed by atoms with Crippen molar-refractivity contribution in [1.29, 1.82) is 0 Å². The fourth-order valence-corrected chi connectivity index (χ4v) is 2.10. The molecule has 4 heteroatoms. The minimum atomic E-state index is 0.387.